The molecule has 1 atom stereocenters. The van der Waals surface area contributed by atoms with Crippen molar-refractivity contribution in [3.8, 4) is 5.75 Å². The summed E-state index contributed by atoms with van der Waals surface area (Å²) >= 11 is 1.46. The van der Waals surface area contributed by atoms with E-state index in [4.69, 9.17) is 20.5 Å². The molecule has 0 bridgehead atoms. The summed E-state index contributed by atoms with van der Waals surface area (Å²) in [5.74, 6) is 1.10. The van der Waals surface area contributed by atoms with Gasteiger partial charge in [-0.1, -0.05) is 95.9 Å². The minimum absolute atomic E-state index is 0.0412. The molecule has 2 heterocycles. The molecular weight excluding hydrogens is 631 g/mol. The molecule has 9 heteroatoms. The summed E-state index contributed by atoms with van der Waals surface area (Å²) in [6, 6.07) is 19.3. The fraction of sp³-hybridized carbons (Fsp3) is 0.450. The van der Waals surface area contributed by atoms with Crippen LogP contribution in [0, 0.1) is 0 Å². The van der Waals surface area contributed by atoms with Crippen LogP contribution in [0.4, 0.5) is 0 Å². The maximum absolute atomic E-state index is 13.4. The number of benzene rings is 2. The first-order valence-electron chi connectivity index (χ1n) is 17.7. The number of hydrogen-bond donors (Lipinski definition) is 3. The fourth-order valence-electron chi connectivity index (χ4n) is 5.86. The Morgan fingerprint density at radius 3 is 2.35 bits per heavy atom. The van der Waals surface area contributed by atoms with Gasteiger partial charge in [0, 0.05) is 35.2 Å². The number of carbonyl (C=O) groups excluding carboxylic acids is 2. The summed E-state index contributed by atoms with van der Waals surface area (Å²) in [6.07, 6.45) is 11.9. The number of amidine groups is 1. The van der Waals surface area contributed by atoms with Gasteiger partial charge in [0.2, 0.25) is 5.91 Å². The first-order chi connectivity index (χ1) is 23.6. The number of allylic oxidation sites excluding steroid dienone is 1. The van der Waals surface area contributed by atoms with E-state index in [0.29, 0.717) is 23.7 Å². The normalized spacial score (nSPS) is 18.1. The number of nitrogens with zero attached hydrogens (tertiary/aromatic N) is 2. The molecule has 49 heavy (non-hydrogen) atoms. The van der Waals surface area contributed by atoms with E-state index in [-0.39, 0.29) is 29.3 Å². The number of amides is 2. The molecule has 1 saturated carbocycles. The number of thiophene rings is 1. The molecule has 0 spiro atoms. The lowest BCUT2D eigenvalue weighted by atomic mass is 9.87. The first kappa shape index (κ1) is 36.2. The molecule has 3 aromatic rings. The lowest BCUT2D eigenvalue weighted by Gasteiger charge is -2.34. The molecule has 1 aliphatic heterocycles. The van der Waals surface area contributed by atoms with E-state index in [9.17, 15) is 9.59 Å². The summed E-state index contributed by atoms with van der Waals surface area (Å²) in [6.45, 7) is 9.85. The van der Waals surface area contributed by atoms with Gasteiger partial charge in [-0.05, 0) is 65.6 Å². The molecule has 1 aromatic heterocycles. The molecule has 1 aliphatic carbocycles. The van der Waals surface area contributed by atoms with Gasteiger partial charge in [0.1, 0.15) is 11.8 Å². The van der Waals surface area contributed by atoms with E-state index in [1.165, 1.54) is 37.0 Å². The van der Waals surface area contributed by atoms with Gasteiger partial charge in [0.25, 0.3) is 5.91 Å². The molecule has 2 amide bonds. The van der Waals surface area contributed by atoms with Gasteiger partial charge in [-0.25, -0.2) is 4.99 Å². The lowest BCUT2D eigenvalue weighted by molar-refractivity contribution is -0.124. The molecule has 2 aromatic carbocycles. The van der Waals surface area contributed by atoms with Gasteiger partial charge in [-0.3, -0.25) is 14.6 Å². The zero-order chi connectivity index (χ0) is 34.8. The summed E-state index contributed by atoms with van der Waals surface area (Å²) in [4.78, 5) is 37.8. The van der Waals surface area contributed by atoms with Gasteiger partial charge in [-0.2, -0.15) is 0 Å². The minimum atomic E-state index is -0.724. The Bertz CT molecular complexity index is 1640. The van der Waals surface area contributed by atoms with Crippen molar-refractivity contribution in [3.63, 3.8) is 0 Å². The van der Waals surface area contributed by atoms with E-state index in [1.54, 1.807) is 0 Å². The third kappa shape index (κ3) is 10.5. The Hall–Kier alpha value is -4.08. The van der Waals surface area contributed by atoms with Crippen LogP contribution < -0.4 is 21.1 Å². The van der Waals surface area contributed by atoms with Crippen molar-refractivity contribution >= 4 is 40.8 Å². The van der Waals surface area contributed by atoms with Crippen molar-refractivity contribution in [1.29, 1.82) is 0 Å². The molecule has 5 rings (SSSR count). The van der Waals surface area contributed by atoms with Crippen LogP contribution in [0.3, 0.4) is 0 Å². The minimum Gasteiger partial charge on any atom is -0.494 e. The number of aliphatic imine (C=N–C) groups is 2. The highest BCUT2D eigenvalue weighted by Gasteiger charge is 2.31. The van der Waals surface area contributed by atoms with Crippen molar-refractivity contribution in [2.24, 2.45) is 15.7 Å². The Labute approximate surface area is 295 Å². The Morgan fingerprint density at radius 2 is 1.67 bits per heavy atom. The van der Waals surface area contributed by atoms with Crippen LogP contribution in [-0.2, 0) is 16.6 Å². The number of ether oxygens (including phenoxy) is 1. The first-order valence-corrected chi connectivity index (χ1v) is 18.5. The number of carbonyl (C=O) groups is 2. The van der Waals surface area contributed by atoms with Gasteiger partial charge in [-0.15, -0.1) is 11.3 Å². The largest absolute Gasteiger partial charge is 0.494 e. The van der Waals surface area contributed by atoms with Crippen LogP contribution in [0.5, 0.6) is 5.75 Å². The van der Waals surface area contributed by atoms with Crippen LogP contribution in [0.2, 0.25) is 0 Å². The average Bonchev–Trinajstić information content (AvgIpc) is 3.46. The summed E-state index contributed by atoms with van der Waals surface area (Å²) < 4.78 is 5.93. The van der Waals surface area contributed by atoms with E-state index >= 15 is 0 Å². The fourth-order valence-corrected chi connectivity index (χ4v) is 6.83. The Balaban J connectivity index is 1.19. The van der Waals surface area contributed by atoms with Crippen molar-refractivity contribution in [2.75, 3.05) is 13.2 Å². The smallest absolute Gasteiger partial charge is 0.262 e. The number of unbranched alkanes of at least 4 members (excludes halogenated alkanes) is 4. The third-order valence-corrected chi connectivity index (χ3v) is 10.5. The number of rotatable bonds is 15. The van der Waals surface area contributed by atoms with Crippen LogP contribution in [-0.4, -0.2) is 55.1 Å². The van der Waals surface area contributed by atoms with E-state index in [0.717, 1.165) is 58.8 Å². The topological polar surface area (TPSA) is 118 Å². The molecule has 0 radical (unpaired) electrons. The summed E-state index contributed by atoms with van der Waals surface area (Å²) in [5, 5.41) is 6.09. The molecule has 4 N–H and O–H groups in total. The molecule has 0 saturated heterocycles. The van der Waals surface area contributed by atoms with Crippen molar-refractivity contribution in [3.05, 3.63) is 93.2 Å². The van der Waals surface area contributed by atoms with E-state index in [2.05, 4.69) is 56.5 Å². The zero-order valence-corrected chi connectivity index (χ0v) is 30.2. The zero-order valence-electron chi connectivity index (χ0n) is 29.3. The summed E-state index contributed by atoms with van der Waals surface area (Å²) in [7, 11) is 0. The highest BCUT2D eigenvalue weighted by Crippen LogP contribution is 2.29. The second kappa shape index (κ2) is 17.0. The Kier molecular flexibility index (Phi) is 12.6. The highest BCUT2D eigenvalue weighted by molar-refractivity contribution is 7.14. The molecule has 1 fully saturated rings. The number of nitrogens with two attached hydrogens (primary N) is 1. The summed E-state index contributed by atoms with van der Waals surface area (Å²) in [5.41, 5.74) is 9.79. The second-order valence-electron chi connectivity index (χ2n) is 14.1. The van der Waals surface area contributed by atoms with E-state index in [1.807, 2.05) is 54.7 Å². The molecule has 2 aliphatic rings. The Morgan fingerprint density at radius 1 is 0.959 bits per heavy atom. The quantitative estimate of drug-likeness (QED) is 0.146. The predicted molar refractivity (Wildman–Crippen MR) is 202 cm³/mol. The SMILES string of the molecule is CCCCCCCOc1ccc(C2=CCN=C(c3ccc(C[C@H](NC(=O)c4ccc(C(C)(C)C)s4)C(=O)NC4CC(N)C4)cc3)N=C2)cc1. The van der Waals surface area contributed by atoms with E-state index < -0.39 is 6.04 Å². The number of hydrogen-bond acceptors (Lipinski definition) is 7. The van der Waals surface area contributed by atoms with Gasteiger partial charge >= 0.3 is 0 Å². The highest BCUT2D eigenvalue weighted by atomic mass is 32.1. The molecule has 8 nitrogen and oxygen atoms in total. The monoisotopic (exact) mass is 681 g/mol. The predicted octanol–water partition coefficient (Wildman–Crippen LogP) is 7.26. The molecule has 260 valence electrons. The maximum atomic E-state index is 13.4. The second-order valence-corrected chi connectivity index (χ2v) is 15.2. The van der Waals surface area contributed by atoms with Crippen molar-refractivity contribution < 1.29 is 14.3 Å². The van der Waals surface area contributed by atoms with Gasteiger partial charge in [0.05, 0.1) is 18.0 Å². The maximum Gasteiger partial charge on any atom is 0.262 e. The van der Waals surface area contributed by atoms with Gasteiger partial charge < -0.3 is 21.1 Å². The molecule has 0 unspecified atom stereocenters. The standard InChI is InChI=1S/C40H51N5O3S/c1-5-6-7-8-9-22-48-33-16-14-28(15-17-33)30-20-21-42-37(43-26-30)29-12-10-27(11-13-29)23-34(38(46)44-32-24-31(41)25-32)45-39(47)35-18-19-36(49-35)40(2,3)4/h10-20,26,31-32,34H,5-9,21-25,41H2,1-4H3,(H,44,46)(H,45,47)/t31?,32?,34-/m0/s1. The van der Waals surface area contributed by atoms with Crippen LogP contribution in [0.1, 0.15) is 104 Å². The van der Waals surface area contributed by atoms with Crippen molar-refractivity contribution in [1.82, 2.24) is 10.6 Å². The number of nitrogens with one attached hydrogen (secondary N) is 2. The van der Waals surface area contributed by atoms with Crippen LogP contribution >= 0.6 is 11.3 Å². The third-order valence-electron chi connectivity index (χ3n) is 8.95. The molecular formula is C40H51N5O3S. The van der Waals surface area contributed by atoms with Gasteiger partial charge in [0.15, 0.2) is 5.84 Å². The van der Waals surface area contributed by atoms with Crippen molar-refractivity contribution in [2.45, 2.75) is 103 Å². The van der Waals surface area contributed by atoms with Crippen LogP contribution in [0.15, 0.2) is 76.7 Å². The van der Waals surface area contributed by atoms with Crippen LogP contribution in [0.25, 0.3) is 5.57 Å². The average molecular weight is 682 g/mol. The lowest BCUT2D eigenvalue weighted by Crippen LogP contribution is -2.56.